The van der Waals surface area contributed by atoms with Crippen LogP contribution in [0.5, 0.6) is 0 Å². The second-order valence-corrected chi connectivity index (χ2v) is 4.18. The van der Waals surface area contributed by atoms with Gasteiger partial charge in [0.15, 0.2) is 0 Å². The quantitative estimate of drug-likeness (QED) is 0.640. The molecule has 0 radical (unpaired) electrons. The molecule has 4 N–H and O–H groups in total. The zero-order chi connectivity index (χ0) is 10.7. The molecule has 1 amide bonds. The summed E-state index contributed by atoms with van der Waals surface area (Å²) in [6.07, 6.45) is 1.72. The van der Waals surface area contributed by atoms with Crippen molar-refractivity contribution in [3.8, 4) is 0 Å². The number of hydrogen-bond acceptors (Lipinski definition) is 3. The third kappa shape index (κ3) is 2.42. The molecular weight excluding hydrogens is 198 g/mol. The van der Waals surface area contributed by atoms with Crippen molar-refractivity contribution < 1.29 is 4.79 Å². The SMILES string of the molecule is CCC(C(N)=S)N1CCC(C(N)=O)C1. The summed E-state index contributed by atoms with van der Waals surface area (Å²) >= 11 is 4.98. The second-order valence-electron chi connectivity index (χ2n) is 3.71. The third-order valence-electron chi connectivity index (χ3n) is 2.78. The molecule has 1 heterocycles. The van der Waals surface area contributed by atoms with Crippen molar-refractivity contribution in [2.24, 2.45) is 17.4 Å². The van der Waals surface area contributed by atoms with Crippen molar-refractivity contribution in [1.29, 1.82) is 0 Å². The van der Waals surface area contributed by atoms with E-state index in [0.29, 0.717) is 11.5 Å². The monoisotopic (exact) mass is 215 g/mol. The molecule has 4 nitrogen and oxygen atoms in total. The number of likely N-dealkylation sites (tertiary alicyclic amines) is 1. The van der Waals surface area contributed by atoms with Crippen LogP contribution in [0, 0.1) is 5.92 Å². The van der Waals surface area contributed by atoms with Crippen molar-refractivity contribution >= 4 is 23.1 Å². The Morgan fingerprint density at radius 3 is 2.64 bits per heavy atom. The van der Waals surface area contributed by atoms with E-state index >= 15 is 0 Å². The van der Waals surface area contributed by atoms with E-state index in [0.717, 1.165) is 19.4 Å². The Balaban J connectivity index is 2.55. The van der Waals surface area contributed by atoms with Gasteiger partial charge in [-0.1, -0.05) is 19.1 Å². The number of nitrogens with two attached hydrogens (primary N) is 2. The highest BCUT2D eigenvalue weighted by Gasteiger charge is 2.31. The maximum absolute atomic E-state index is 11.0. The molecular formula is C9H17N3OS. The molecule has 1 aliphatic heterocycles. The fourth-order valence-corrected chi connectivity index (χ4v) is 2.26. The van der Waals surface area contributed by atoms with Crippen molar-refractivity contribution in [3.05, 3.63) is 0 Å². The predicted octanol–water partition coefficient (Wildman–Crippen LogP) is -0.142. The minimum Gasteiger partial charge on any atom is -0.392 e. The van der Waals surface area contributed by atoms with Crippen molar-refractivity contribution in [3.63, 3.8) is 0 Å². The number of carbonyl (C=O) groups excluding carboxylic acids is 1. The largest absolute Gasteiger partial charge is 0.392 e. The molecule has 2 unspecified atom stereocenters. The van der Waals surface area contributed by atoms with Gasteiger partial charge in [0, 0.05) is 6.54 Å². The zero-order valence-electron chi connectivity index (χ0n) is 8.40. The van der Waals surface area contributed by atoms with Gasteiger partial charge in [0.05, 0.1) is 16.9 Å². The van der Waals surface area contributed by atoms with Gasteiger partial charge in [0.25, 0.3) is 0 Å². The number of thiocarbonyl (C=S) groups is 1. The van der Waals surface area contributed by atoms with Crippen LogP contribution >= 0.6 is 12.2 Å². The third-order valence-corrected chi connectivity index (χ3v) is 3.05. The maximum Gasteiger partial charge on any atom is 0.221 e. The summed E-state index contributed by atoms with van der Waals surface area (Å²) < 4.78 is 0. The molecule has 0 spiro atoms. The molecule has 1 saturated heterocycles. The van der Waals surface area contributed by atoms with Crippen LogP contribution < -0.4 is 11.5 Å². The van der Waals surface area contributed by atoms with Gasteiger partial charge in [-0.2, -0.15) is 0 Å². The van der Waals surface area contributed by atoms with Crippen LogP contribution in [0.2, 0.25) is 0 Å². The van der Waals surface area contributed by atoms with Gasteiger partial charge in [-0.25, -0.2) is 0 Å². The number of hydrogen-bond donors (Lipinski definition) is 2. The van der Waals surface area contributed by atoms with Crippen molar-refractivity contribution in [1.82, 2.24) is 4.90 Å². The molecule has 1 aliphatic rings. The minimum absolute atomic E-state index is 0.0293. The first-order valence-corrected chi connectivity index (χ1v) is 5.29. The predicted molar refractivity (Wildman–Crippen MR) is 59.7 cm³/mol. The average molecular weight is 215 g/mol. The van der Waals surface area contributed by atoms with E-state index in [-0.39, 0.29) is 17.9 Å². The second kappa shape index (κ2) is 4.70. The van der Waals surface area contributed by atoms with E-state index in [1.807, 2.05) is 6.92 Å². The molecule has 0 aromatic heterocycles. The highest BCUT2D eigenvalue weighted by molar-refractivity contribution is 7.80. The van der Waals surface area contributed by atoms with Gasteiger partial charge in [-0.15, -0.1) is 0 Å². The standard InChI is InChI=1S/C9H17N3OS/c1-2-7(9(11)14)12-4-3-6(5-12)8(10)13/h6-7H,2-5H2,1H3,(H2,10,13)(H2,11,14). The molecule has 0 saturated carbocycles. The molecule has 14 heavy (non-hydrogen) atoms. The van der Waals surface area contributed by atoms with Crippen LogP contribution in [-0.2, 0) is 4.79 Å². The smallest absolute Gasteiger partial charge is 0.221 e. The molecule has 80 valence electrons. The highest BCUT2D eigenvalue weighted by Crippen LogP contribution is 2.19. The summed E-state index contributed by atoms with van der Waals surface area (Å²) in [4.78, 5) is 13.6. The normalized spacial score (nSPS) is 24.8. The van der Waals surface area contributed by atoms with E-state index in [1.165, 1.54) is 0 Å². The van der Waals surface area contributed by atoms with Crippen LogP contribution in [0.4, 0.5) is 0 Å². The maximum atomic E-state index is 11.0. The van der Waals surface area contributed by atoms with E-state index < -0.39 is 0 Å². The lowest BCUT2D eigenvalue weighted by Crippen LogP contribution is -2.42. The van der Waals surface area contributed by atoms with Crippen LogP contribution in [0.15, 0.2) is 0 Å². The number of amides is 1. The topological polar surface area (TPSA) is 72.3 Å². The summed E-state index contributed by atoms with van der Waals surface area (Å²) in [6, 6.07) is 0.120. The summed E-state index contributed by atoms with van der Waals surface area (Å²) in [7, 11) is 0. The lowest BCUT2D eigenvalue weighted by Gasteiger charge is -2.25. The fourth-order valence-electron chi connectivity index (χ4n) is 1.94. The first kappa shape index (κ1) is 11.4. The number of carbonyl (C=O) groups is 1. The fraction of sp³-hybridized carbons (Fsp3) is 0.778. The van der Waals surface area contributed by atoms with Crippen molar-refractivity contribution in [2.45, 2.75) is 25.8 Å². The molecule has 0 bridgehead atoms. The van der Waals surface area contributed by atoms with Crippen LogP contribution in [0.1, 0.15) is 19.8 Å². The Bertz CT molecular complexity index is 244. The van der Waals surface area contributed by atoms with Gasteiger partial charge in [-0.3, -0.25) is 9.69 Å². The summed E-state index contributed by atoms with van der Waals surface area (Å²) in [5.41, 5.74) is 10.9. The minimum atomic E-state index is -0.217. The van der Waals surface area contributed by atoms with Gasteiger partial charge in [0.1, 0.15) is 0 Å². The summed E-state index contributed by atoms with van der Waals surface area (Å²) in [5.74, 6) is -0.247. The molecule has 5 heteroatoms. The molecule has 1 rings (SSSR count). The average Bonchev–Trinajstić information content (AvgIpc) is 2.53. The van der Waals surface area contributed by atoms with E-state index in [1.54, 1.807) is 0 Å². The lowest BCUT2D eigenvalue weighted by molar-refractivity contribution is -0.121. The first-order chi connectivity index (χ1) is 6.56. The Hall–Kier alpha value is -0.680. The highest BCUT2D eigenvalue weighted by atomic mass is 32.1. The Kier molecular flexibility index (Phi) is 3.83. The Labute approximate surface area is 89.6 Å². The van der Waals surface area contributed by atoms with E-state index in [2.05, 4.69) is 4.90 Å². The molecule has 0 aromatic carbocycles. The number of rotatable bonds is 4. The van der Waals surface area contributed by atoms with E-state index in [4.69, 9.17) is 23.7 Å². The van der Waals surface area contributed by atoms with Crippen LogP contribution in [-0.4, -0.2) is 34.9 Å². The van der Waals surface area contributed by atoms with Gasteiger partial charge >= 0.3 is 0 Å². The van der Waals surface area contributed by atoms with Gasteiger partial charge < -0.3 is 11.5 Å². The first-order valence-electron chi connectivity index (χ1n) is 4.89. The van der Waals surface area contributed by atoms with Crippen LogP contribution in [0.3, 0.4) is 0 Å². The molecule has 0 aliphatic carbocycles. The summed E-state index contributed by atoms with van der Waals surface area (Å²) in [6.45, 7) is 3.61. The lowest BCUT2D eigenvalue weighted by atomic mass is 10.1. The summed E-state index contributed by atoms with van der Waals surface area (Å²) in [5, 5.41) is 0. The molecule has 2 atom stereocenters. The Morgan fingerprint density at radius 2 is 2.29 bits per heavy atom. The number of primary amides is 1. The number of nitrogens with zero attached hydrogens (tertiary/aromatic N) is 1. The van der Waals surface area contributed by atoms with Crippen molar-refractivity contribution in [2.75, 3.05) is 13.1 Å². The van der Waals surface area contributed by atoms with Gasteiger partial charge in [0.2, 0.25) is 5.91 Å². The molecule has 1 fully saturated rings. The van der Waals surface area contributed by atoms with Crippen LogP contribution in [0.25, 0.3) is 0 Å². The Morgan fingerprint density at radius 1 is 1.64 bits per heavy atom. The van der Waals surface area contributed by atoms with E-state index in [9.17, 15) is 4.79 Å². The zero-order valence-corrected chi connectivity index (χ0v) is 9.22. The van der Waals surface area contributed by atoms with Gasteiger partial charge in [-0.05, 0) is 19.4 Å². The molecule has 0 aromatic rings.